The summed E-state index contributed by atoms with van der Waals surface area (Å²) in [6.07, 6.45) is 8.68. The van der Waals surface area contributed by atoms with Crippen molar-refractivity contribution in [2.24, 2.45) is 23.7 Å². The Kier molecular flexibility index (Phi) is 6.49. The Hall–Kier alpha value is -6.00. The zero-order valence-corrected chi connectivity index (χ0v) is 30.0. The molecule has 8 aromatic rings. The van der Waals surface area contributed by atoms with E-state index >= 15 is 0 Å². The predicted octanol–water partition coefficient (Wildman–Crippen LogP) is 12.0. The van der Waals surface area contributed by atoms with Gasteiger partial charge in [0.25, 0.3) is 0 Å². The van der Waals surface area contributed by atoms with Gasteiger partial charge < -0.3 is 0 Å². The number of aromatic nitrogens is 4. The normalized spacial score (nSPS) is 23.3. The standard InChI is InChI=1S/C50H38N4/c1-2-9-35(10-3-1)47-52-48(36-17-15-33(16-18-36)41-14-6-11-34-12-7-23-51-46(34)41)54-49(53-47)37-20-21-42-43-22-19-32-8-4-5-13-40(32)45(43)50(44(42)29-37)38-25-30-24-31(27-38)28-39(50)26-30/h1-23,29-31,38-39H,24-28H2. The van der Waals surface area contributed by atoms with Crippen molar-refractivity contribution in [3.63, 3.8) is 0 Å². The summed E-state index contributed by atoms with van der Waals surface area (Å²) in [5.41, 5.74) is 12.2. The van der Waals surface area contributed by atoms with Crippen LogP contribution >= 0.6 is 0 Å². The third-order valence-corrected chi connectivity index (χ3v) is 13.5. The van der Waals surface area contributed by atoms with E-state index in [2.05, 4.69) is 127 Å². The molecule has 4 fully saturated rings. The van der Waals surface area contributed by atoms with Crippen molar-refractivity contribution < 1.29 is 0 Å². The van der Waals surface area contributed by atoms with Gasteiger partial charge in [0.1, 0.15) is 0 Å². The fraction of sp³-hybridized carbons (Fsp3) is 0.200. The first-order chi connectivity index (χ1) is 26.7. The lowest BCUT2D eigenvalue weighted by Crippen LogP contribution is -2.55. The van der Waals surface area contributed by atoms with Crippen molar-refractivity contribution in [3.8, 4) is 56.4 Å². The number of hydrogen-bond acceptors (Lipinski definition) is 4. The molecule has 4 heteroatoms. The van der Waals surface area contributed by atoms with E-state index in [0.717, 1.165) is 56.4 Å². The van der Waals surface area contributed by atoms with Crippen LogP contribution < -0.4 is 0 Å². The lowest BCUT2D eigenvalue weighted by molar-refractivity contribution is -0.0393. The molecule has 0 amide bonds. The molecule has 4 bridgehead atoms. The number of pyridine rings is 1. The molecule has 4 nitrogen and oxygen atoms in total. The second-order valence-corrected chi connectivity index (χ2v) is 16.3. The molecule has 1 spiro atoms. The van der Waals surface area contributed by atoms with Crippen LogP contribution in [0.1, 0.15) is 43.2 Å². The summed E-state index contributed by atoms with van der Waals surface area (Å²) in [5.74, 6) is 5.19. The van der Waals surface area contributed by atoms with Crippen molar-refractivity contribution in [3.05, 3.63) is 157 Å². The van der Waals surface area contributed by atoms with E-state index < -0.39 is 0 Å². The van der Waals surface area contributed by atoms with Crippen molar-refractivity contribution >= 4 is 21.7 Å². The van der Waals surface area contributed by atoms with Crippen LogP contribution in [0.15, 0.2) is 146 Å². The van der Waals surface area contributed by atoms with E-state index in [1.165, 1.54) is 59.6 Å². The number of nitrogens with zero attached hydrogens (tertiary/aromatic N) is 4. The van der Waals surface area contributed by atoms with Gasteiger partial charge >= 0.3 is 0 Å². The molecule has 4 saturated carbocycles. The quantitative estimate of drug-likeness (QED) is 0.184. The minimum absolute atomic E-state index is 0.0272. The van der Waals surface area contributed by atoms with Gasteiger partial charge in [0.2, 0.25) is 0 Å². The molecule has 0 aliphatic heterocycles. The first-order valence-electron chi connectivity index (χ1n) is 19.6. The predicted molar refractivity (Wildman–Crippen MR) is 218 cm³/mol. The van der Waals surface area contributed by atoms with Crippen LogP contribution in [-0.2, 0) is 5.41 Å². The highest BCUT2D eigenvalue weighted by Crippen LogP contribution is 2.70. The summed E-state index contributed by atoms with van der Waals surface area (Å²) in [4.78, 5) is 20.3. The van der Waals surface area contributed by atoms with Crippen molar-refractivity contribution in [2.45, 2.75) is 37.5 Å². The lowest BCUT2D eigenvalue weighted by atomic mass is 9.43. The fourth-order valence-electron chi connectivity index (χ4n) is 11.6. The maximum absolute atomic E-state index is 5.27. The third kappa shape index (κ3) is 4.37. The monoisotopic (exact) mass is 694 g/mol. The molecule has 2 heterocycles. The zero-order valence-electron chi connectivity index (χ0n) is 30.0. The summed E-state index contributed by atoms with van der Waals surface area (Å²) >= 11 is 0. The van der Waals surface area contributed by atoms with Gasteiger partial charge in [-0.1, -0.05) is 127 Å². The van der Waals surface area contributed by atoms with Gasteiger partial charge in [-0.25, -0.2) is 15.0 Å². The molecular weight excluding hydrogens is 657 g/mol. The molecule has 2 aromatic heterocycles. The van der Waals surface area contributed by atoms with Gasteiger partial charge in [-0.3, -0.25) is 4.98 Å². The molecule has 0 atom stereocenters. The largest absolute Gasteiger partial charge is 0.256 e. The summed E-state index contributed by atoms with van der Waals surface area (Å²) in [5, 5.41) is 3.93. The maximum Gasteiger partial charge on any atom is 0.164 e. The van der Waals surface area contributed by atoms with E-state index in [4.69, 9.17) is 19.9 Å². The molecule has 6 aromatic carbocycles. The molecule has 0 N–H and O–H groups in total. The minimum Gasteiger partial charge on any atom is -0.256 e. The van der Waals surface area contributed by atoms with E-state index in [1.807, 2.05) is 18.3 Å². The molecule has 13 rings (SSSR count). The molecule has 258 valence electrons. The van der Waals surface area contributed by atoms with E-state index in [1.54, 1.807) is 5.56 Å². The fourth-order valence-corrected chi connectivity index (χ4v) is 11.6. The van der Waals surface area contributed by atoms with Gasteiger partial charge in [-0.05, 0) is 106 Å². The summed E-state index contributed by atoms with van der Waals surface area (Å²) in [7, 11) is 0. The lowest BCUT2D eigenvalue weighted by Gasteiger charge is -2.61. The number of para-hydroxylation sites is 1. The van der Waals surface area contributed by atoms with Gasteiger partial charge in [0.05, 0.1) is 5.52 Å². The Balaban J connectivity index is 1.02. The van der Waals surface area contributed by atoms with Crippen LogP contribution in [0.5, 0.6) is 0 Å². The van der Waals surface area contributed by atoms with E-state index in [-0.39, 0.29) is 5.41 Å². The van der Waals surface area contributed by atoms with Crippen molar-refractivity contribution in [1.82, 2.24) is 19.9 Å². The first-order valence-corrected chi connectivity index (χ1v) is 19.6. The number of hydrogen-bond donors (Lipinski definition) is 0. The van der Waals surface area contributed by atoms with Gasteiger partial charge in [0.15, 0.2) is 17.5 Å². The van der Waals surface area contributed by atoms with Crippen LogP contribution in [0, 0.1) is 23.7 Å². The number of rotatable bonds is 4. The van der Waals surface area contributed by atoms with Crippen LogP contribution in [0.2, 0.25) is 0 Å². The topological polar surface area (TPSA) is 51.6 Å². The van der Waals surface area contributed by atoms with E-state index in [0.29, 0.717) is 23.5 Å². The Labute approximate surface area is 315 Å². The molecule has 54 heavy (non-hydrogen) atoms. The Morgan fingerprint density at radius 2 is 1.06 bits per heavy atom. The van der Waals surface area contributed by atoms with Gasteiger partial charge in [-0.2, -0.15) is 0 Å². The SMILES string of the molecule is c1ccc(-c2nc(-c3ccc(-c4cccc5cccnc45)cc3)nc(-c3ccc4c(c3)C3(c5c-4ccc4ccccc54)C4CC5CC(C4)CC3C5)n2)cc1. The highest BCUT2D eigenvalue weighted by Gasteiger charge is 2.62. The molecule has 0 unspecified atom stereocenters. The average molecular weight is 695 g/mol. The number of fused-ring (bicyclic) bond motifs is 6. The van der Waals surface area contributed by atoms with Crippen molar-refractivity contribution in [2.75, 3.05) is 0 Å². The highest BCUT2D eigenvalue weighted by atomic mass is 15.0. The maximum atomic E-state index is 5.27. The summed E-state index contributed by atoms with van der Waals surface area (Å²) in [6, 6.07) is 50.4. The molecule has 5 aliphatic rings. The van der Waals surface area contributed by atoms with E-state index in [9.17, 15) is 0 Å². The number of benzene rings is 6. The van der Waals surface area contributed by atoms with Gasteiger partial charge in [0, 0.05) is 39.3 Å². The summed E-state index contributed by atoms with van der Waals surface area (Å²) in [6.45, 7) is 0. The molecule has 5 aliphatic carbocycles. The minimum atomic E-state index is 0.0272. The van der Waals surface area contributed by atoms with Crippen LogP contribution in [-0.4, -0.2) is 19.9 Å². The van der Waals surface area contributed by atoms with Crippen LogP contribution in [0.3, 0.4) is 0 Å². The molecule has 0 radical (unpaired) electrons. The Morgan fingerprint density at radius 3 is 1.83 bits per heavy atom. The first kappa shape index (κ1) is 30.5. The average Bonchev–Trinajstić information content (AvgIpc) is 3.53. The zero-order chi connectivity index (χ0) is 35.4. The van der Waals surface area contributed by atoms with Crippen molar-refractivity contribution in [1.29, 1.82) is 0 Å². The Bertz CT molecular complexity index is 2750. The second kappa shape index (κ2) is 11.5. The molecular formula is C50H38N4. The Morgan fingerprint density at radius 1 is 0.444 bits per heavy atom. The molecule has 0 saturated heterocycles. The second-order valence-electron chi connectivity index (χ2n) is 16.3. The smallest absolute Gasteiger partial charge is 0.164 e. The van der Waals surface area contributed by atoms with Gasteiger partial charge in [-0.15, -0.1) is 0 Å². The highest BCUT2D eigenvalue weighted by molar-refractivity contribution is 5.99. The van der Waals surface area contributed by atoms with Crippen LogP contribution in [0.4, 0.5) is 0 Å². The third-order valence-electron chi connectivity index (χ3n) is 13.5. The van der Waals surface area contributed by atoms with Crippen LogP contribution in [0.25, 0.3) is 78.1 Å². The summed E-state index contributed by atoms with van der Waals surface area (Å²) < 4.78 is 0.